The van der Waals surface area contributed by atoms with Crippen molar-refractivity contribution in [3.63, 3.8) is 0 Å². The van der Waals surface area contributed by atoms with Crippen molar-refractivity contribution < 1.29 is 14.3 Å². The number of benzene rings is 1. The second-order valence-corrected chi connectivity index (χ2v) is 6.13. The van der Waals surface area contributed by atoms with Gasteiger partial charge in [0.25, 0.3) is 5.91 Å². The van der Waals surface area contributed by atoms with Gasteiger partial charge in [-0.05, 0) is 24.3 Å². The molecule has 1 aromatic heterocycles. The molecule has 0 saturated heterocycles. The first-order valence-electron chi connectivity index (χ1n) is 8.67. The van der Waals surface area contributed by atoms with Crippen molar-refractivity contribution in [2.24, 2.45) is 0 Å². The SMILES string of the molecule is CCc1ncc2c(n1)CN(C(=O)c1ccc(OCCNC(C)=O)cc1)C2. The third kappa shape index (κ3) is 4.17. The van der Waals surface area contributed by atoms with Crippen molar-refractivity contribution in [2.45, 2.75) is 33.4 Å². The lowest BCUT2D eigenvalue weighted by atomic mass is 10.2. The molecule has 0 saturated carbocycles. The van der Waals surface area contributed by atoms with Gasteiger partial charge in [0.1, 0.15) is 18.2 Å². The van der Waals surface area contributed by atoms with Gasteiger partial charge in [-0.3, -0.25) is 9.59 Å². The minimum atomic E-state index is -0.0862. The zero-order valence-electron chi connectivity index (χ0n) is 15.0. The zero-order chi connectivity index (χ0) is 18.5. The number of aryl methyl sites for hydroxylation is 1. The molecule has 3 rings (SSSR count). The Morgan fingerprint density at radius 3 is 2.69 bits per heavy atom. The molecule has 26 heavy (non-hydrogen) atoms. The van der Waals surface area contributed by atoms with Gasteiger partial charge in [0.15, 0.2) is 0 Å². The summed E-state index contributed by atoms with van der Waals surface area (Å²) in [6.07, 6.45) is 2.60. The van der Waals surface area contributed by atoms with Gasteiger partial charge < -0.3 is 15.0 Å². The van der Waals surface area contributed by atoms with Gasteiger partial charge in [-0.2, -0.15) is 0 Å². The van der Waals surface area contributed by atoms with Gasteiger partial charge >= 0.3 is 0 Å². The van der Waals surface area contributed by atoms with E-state index in [1.165, 1.54) is 6.92 Å². The quantitative estimate of drug-likeness (QED) is 0.799. The number of ether oxygens (including phenoxy) is 1. The van der Waals surface area contributed by atoms with Gasteiger partial charge in [0.2, 0.25) is 5.91 Å². The highest BCUT2D eigenvalue weighted by Gasteiger charge is 2.25. The van der Waals surface area contributed by atoms with Gasteiger partial charge in [-0.15, -0.1) is 0 Å². The van der Waals surface area contributed by atoms with Gasteiger partial charge in [-0.1, -0.05) is 6.92 Å². The second-order valence-electron chi connectivity index (χ2n) is 6.13. The first-order valence-corrected chi connectivity index (χ1v) is 8.67. The molecular weight excluding hydrogens is 332 g/mol. The maximum absolute atomic E-state index is 12.7. The fourth-order valence-corrected chi connectivity index (χ4v) is 2.78. The van der Waals surface area contributed by atoms with Gasteiger partial charge in [0.05, 0.1) is 18.8 Å². The first kappa shape index (κ1) is 17.8. The predicted molar refractivity (Wildman–Crippen MR) is 95.6 cm³/mol. The van der Waals surface area contributed by atoms with Crippen LogP contribution in [0.1, 0.15) is 41.3 Å². The molecule has 0 fully saturated rings. The van der Waals surface area contributed by atoms with Crippen molar-refractivity contribution in [1.82, 2.24) is 20.2 Å². The fraction of sp³-hybridized carbons (Fsp3) is 0.368. The number of nitrogens with zero attached hydrogens (tertiary/aromatic N) is 3. The predicted octanol–water partition coefficient (Wildman–Crippen LogP) is 1.71. The molecule has 1 aliphatic heterocycles. The van der Waals surface area contributed by atoms with Crippen LogP contribution in [0.25, 0.3) is 0 Å². The summed E-state index contributed by atoms with van der Waals surface area (Å²) in [5, 5.41) is 2.66. The molecule has 0 unspecified atom stereocenters. The molecule has 2 aromatic rings. The molecule has 2 amide bonds. The smallest absolute Gasteiger partial charge is 0.254 e. The number of nitrogens with one attached hydrogen (secondary N) is 1. The Morgan fingerprint density at radius 2 is 2.00 bits per heavy atom. The Morgan fingerprint density at radius 1 is 1.23 bits per heavy atom. The second kappa shape index (κ2) is 7.95. The summed E-state index contributed by atoms with van der Waals surface area (Å²) in [6, 6.07) is 7.03. The van der Waals surface area contributed by atoms with E-state index in [9.17, 15) is 9.59 Å². The Balaban J connectivity index is 1.58. The fourth-order valence-electron chi connectivity index (χ4n) is 2.78. The minimum absolute atomic E-state index is 0.0363. The number of hydrogen-bond donors (Lipinski definition) is 1. The van der Waals surface area contributed by atoms with E-state index < -0.39 is 0 Å². The monoisotopic (exact) mass is 354 g/mol. The third-order valence-corrected chi connectivity index (χ3v) is 4.16. The molecule has 1 N–H and O–H groups in total. The number of rotatable bonds is 6. The zero-order valence-corrected chi connectivity index (χ0v) is 15.0. The summed E-state index contributed by atoms with van der Waals surface area (Å²) < 4.78 is 5.53. The molecule has 7 heteroatoms. The molecule has 0 atom stereocenters. The normalized spacial score (nSPS) is 12.6. The summed E-state index contributed by atoms with van der Waals surface area (Å²) >= 11 is 0. The largest absolute Gasteiger partial charge is 0.492 e. The van der Waals surface area contributed by atoms with E-state index in [0.717, 1.165) is 23.5 Å². The maximum atomic E-state index is 12.7. The molecule has 7 nitrogen and oxygen atoms in total. The average Bonchev–Trinajstić information content (AvgIpc) is 3.08. The summed E-state index contributed by atoms with van der Waals surface area (Å²) in [7, 11) is 0. The highest BCUT2D eigenvalue weighted by Crippen LogP contribution is 2.23. The van der Waals surface area contributed by atoms with Crippen LogP contribution >= 0.6 is 0 Å². The maximum Gasteiger partial charge on any atom is 0.254 e. The number of carbonyl (C=O) groups excluding carboxylic acids is 2. The van der Waals surface area contributed by atoms with E-state index in [-0.39, 0.29) is 11.8 Å². The van der Waals surface area contributed by atoms with E-state index in [2.05, 4.69) is 15.3 Å². The molecule has 2 heterocycles. The molecule has 1 aliphatic rings. The Labute approximate surface area is 152 Å². The number of carbonyl (C=O) groups is 2. The number of hydrogen-bond acceptors (Lipinski definition) is 5. The lowest BCUT2D eigenvalue weighted by Crippen LogP contribution is -2.26. The number of amides is 2. The van der Waals surface area contributed by atoms with Gasteiger partial charge in [-0.25, -0.2) is 9.97 Å². The highest BCUT2D eigenvalue weighted by molar-refractivity contribution is 5.94. The summed E-state index contributed by atoms with van der Waals surface area (Å²) in [5.41, 5.74) is 2.55. The summed E-state index contributed by atoms with van der Waals surface area (Å²) in [5.74, 6) is 1.34. The minimum Gasteiger partial charge on any atom is -0.492 e. The molecule has 0 radical (unpaired) electrons. The summed E-state index contributed by atoms with van der Waals surface area (Å²) in [4.78, 5) is 34.1. The van der Waals surface area contributed by atoms with Crippen LogP contribution in [0, 0.1) is 0 Å². The van der Waals surface area contributed by atoms with E-state index in [1.54, 1.807) is 29.2 Å². The first-order chi connectivity index (χ1) is 12.6. The highest BCUT2D eigenvalue weighted by atomic mass is 16.5. The topological polar surface area (TPSA) is 84.4 Å². The molecule has 0 bridgehead atoms. The number of fused-ring (bicyclic) bond motifs is 1. The Hall–Kier alpha value is -2.96. The Bertz CT molecular complexity index is 805. The van der Waals surface area contributed by atoms with E-state index >= 15 is 0 Å². The molecule has 0 aliphatic carbocycles. The van der Waals surface area contributed by atoms with Crippen LogP contribution in [0.2, 0.25) is 0 Å². The molecule has 1 aromatic carbocycles. The van der Waals surface area contributed by atoms with E-state index in [4.69, 9.17) is 4.74 Å². The van der Waals surface area contributed by atoms with E-state index in [1.807, 2.05) is 13.1 Å². The number of aromatic nitrogens is 2. The van der Waals surface area contributed by atoms with Gasteiger partial charge in [0, 0.05) is 37.2 Å². The van der Waals surface area contributed by atoms with Crippen molar-refractivity contribution in [3.8, 4) is 5.75 Å². The van der Waals surface area contributed by atoms with Crippen LogP contribution in [0.15, 0.2) is 30.5 Å². The van der Waals surface area contributed by atoms with Crippen molar-refractivity contribution >= 4 is 11.8 Å². The molecule has 136 valence electrons. The van der Waals surface area contributed by atoms with Crippen molar-refractivity contribution in [2.75, 3.05) is 13.2 Å². The van der Waals surface area contributed by atoms with Crippen LogP contribution in [0.4, 0.5) is 0 Å². The van der Waals surface area contributed by atoms with Crippen LogP contribution in [0.5, 0.6) is 5.75 Å². The van der Waals surface area contributed by atoms with Crippen LogP contribution in [0.3, 0.4) is 0 Å². The van der Waals surface area contributed by atoms with Crippen LogP contribution < -0.4 is 10.1 Å². The van der Waals surface area contributed by atoms with Crippen LogP contribution in [-0.4, -0.2) is 39.8 Å². The average molecular weight is 354 g/mol. The van der Waals surface area contributed by atoms with E-state index in [0.29, 0.717) is 37.6 Å². The summed E-state index contributed by atoms with van der Waals surface area (Å²) in [6.45, 7) is 5.35. The lowest BCUT2D eigenvalue weighted by molar-refractivity contribution is -0.119. The van der Waals surface area contributed by atoms with Crippen molar-refractivity contribution in [1.29, 1.82) is 0 Å². The Kier molecular flexibility index (Phi) is 5.46. The molecular formula is C19H22N4O3. The molecule has 0 spiro atoms. The standard InChI is InChI=1S/C19H22N4O3/c1-3-18-21-10-15-11-23(12-17(15)22-18)19(25)14-4-6-16(7-5-14)26-9-8-20-13(2)24/h4-7,10H,3,8-9,11-12H2,1-2H3,(H,20,24). The van der Waals surface area contributed by atoms with Crippen LogP contribution in [-0.2, 0) is 24.3 Å². The lowest BCUT2D eigenvalue weighted by Gasteiger charge is -2.15. The van der Waals surface area contributed by atoms with Crippen molar-refractivity contribution in [3.05, 3.63) is 53.1 Å². The third-order valence-electron chi connectivity index (χ3n) is 4.16.